The van der Waals surface area contributed by atoms with Gasteiger partial charge >= 0.3 is 5.97 Å². The molecule has 0 aliphatic carbocycles. The van der Waals surface area contributed by atoms with Crippen LogP contribution < -0.4 is 15.4 Å². The molecule has 2 heterocycles. The number of esters is 1. The van der Waals surface area contributed by atoms with Gasteiger partial charge in [0.15, 0.2) is 0 Å². The number of hydrogen-bond donors (Lipinski definition) is 2. The first-order chi connectivity index (χ1) is 15.6. The van der Waals surface area contributed by atoms with E-state index in [1.165, 1.54) is 18.4 Å². The standard InChI is InChI=1S/C24H17N3O4S/c1-30-24(29)14-2-6-16(7-3-14)31-17-8-4-15(5-9-17)25-12-18-21-19(27-23(18)28)10-11-20-22(21)32-13-26-20/h2-13,25H,1H3,(H,27,28). The highest BCUT2D eigenvalue weighted by Crippen LogP contribution is 2.39. The van der Waals surface area contributed by atoms with E-state index in [-0.39, 0.29) is 5.91 Å². The van der Waals surface area contributed by atoms with Crippen LogP contribution in [0.25, 0.3) is 15.8 Å². The van der Waals surface area contributed by atoms with Crippen LogP contribution in [-0.2, 0) is 9.53 Å². The molecule has 2 N–H and O–H groups in total. The summed E-state index contributed by atoms with van der Waals surface area (Å²) in [5.74, 6) is 0.706. The van der Waals surface area contributed by atoms with Crippen molar-refractivity contribution in [2.75, 3.05) is 17.7 Å². The minimum Gasteiger partial charge on any atom is -0.465 e. The molecule has 0 saturated heterocycles. The molecule has 0 bridgehead atoms. The first-order valence-electron chi connectivity index (χ1n) is 9.73. The second-order valence-corrected chi connectivity index (χ2v) is 7.84. The second kappa shape index (κ2) is 8.16. The first-order valence-corrected chi connectivity index (χ1v) is 10.6. The van der Waals surface area contributed by atoms with Crippen molar-refractivity contribution in [1.29, 1.82) is 0 Å². The molecular formula is C24H17N3O4S. The molecule has 0 atom stereocenters. The Balaban J connectivity index is 1.31. The monoisotopic (exact) mass is 443 g/mol. The van der Waals surface area contributed by atoms with Crippen molar-refractivity contribution >= 4 is 50.4 Å². The highest BCUT2D eigenvalue weighted by Gasteiger charge is 2.27. The predicted octanol–water partition coefficient (Wildman–Crippen LogP) is 5.28. The third-order valence-electron chi connectivity index (χ3n) is 5.01. The number of rotatable bonds is 5. The maximum Gasteiger partial charge on any atom is 0.337 e. The smallest absolute Gasteiger partial charge is 0.337 e. The van der Waals surface area contributed by atoms with Crippen LogP contribution in [0.1, 0.15) is 15.9 Å². The van der Waals surface area contributed by atoms with Crippen molar-refractivity contribution in [3.05, 3.63) is 83.5 Å². The molecule has 3 aromatic carbocycles. The number of aromatic nitrogens is 1. The van der Waals surface area contributed by atoms with Crippen LogP contribution >= 0.6 is 11.3 Å². The Bertz CT molecular complexity index is 1360. The molecule has 0 fully saturated rings. The molecule has 0 spiro atoms. The summed E-state index contributed by atoms with van der Waals surface area (Å²) in [6.45, 7) is 0. The van der Waals surface area contributed by atoms with Crippen LogP contribution in [0.3, 0.4) is 0 Å². The van der Waals surface area contributed by atoms with E-state index >= 15 is 0 Å². The summed E-state index contributed by atoms with van der Waals surface area (Å²) in [6, 6.07) is 17.8. The molecule has 1 aliphatic heterocycles. The van der Waals surface area contributed by atoms with E-state index in [1.807, 2.05) is 36.4 Å². The van der Waals surface area contributed by atoms with Gasteiger partial charge in [0, 0.05) is 17.5 Å². The van der Waals surface area contributed by atoms with Gasteiger partial charge in [-0.2, -0.15) is 0 Å². The number of thiazole rings is 1. The number of hydrogen-bond acceptors (Lipinski definition) is 7. The van der Waals surface area contributed by atoms with Gasteiger partial charge in [0.2, 0.25) is 0 Å². The van der Waals surface area contributed by atoms with Gasteiger partial charge in [0.05, 0.1) is 39.7 Å². The number of methoxy groups -OCH3 is 1. The lowest BCUT2D eigenvalue weighted by Gasteiger charge is -2.08. The third-order valence-corrected chi connectivity index (χ3v) is 5.87. The molecule has 32 heavy (non-hydrogen) atoms. The van der Waals surface area contributed by atoms with Gasteiger partial charge in [0.25, 0.3) is 5.91 Å². The van der Waals surface area contributed by atoms with Gasteiger partial charge in [-0.3, -0.25) is 4.79 Å². The summed E-state index contributed by atoms with van der Waals surface area (Å²) in [4.78, 5) is 28.3. The topological polar surface area (TPSA) is 89.5 Å². The van der Waals surface area contributed by atoms with Crippen LogP contribution in [0.5, 0.6) is 11.5 Å². The fourth-order valence-electron chi connectivity index (χ4n) is 3.43. The van der Waals surface area contributed by atoms with Gasteiger partial charge in [-0.1, -0.05) is 0 Å². The quantitative estimate of drug-likeness (QED) is 0.322. The molecular weight excluding hydrogens is 426 g/mol. The van der Waals surface area contributed by atoms with Crippen molar-refractivity contribution in [1.82, 2.24) is 4.98 Å². The molecule has 1 amide bonds. The fourth-order valence-corrected chi connectivity index (χ4v) is 4.28. The van der Waals surface area contributed by atoms with E-state index in [4.69, 9.17) is 9.47 Å². The Hall–Kier alpha value is -4.17. The summed E-state index contributed by atoms with van der Waals surface area (Å²) >= 11 is 1.51. The van der Waals surface area contributed by atoms with Crippen LogP contribution in [0.2, 0.25) is 0 Å². The lowest BCUT2D eigenvalue weighted by Crippen LogP contribution is -2.05. The molecule has 1 aliphatic rings. The minimum absolute atomic E-state index is 0.149. The summed E-state index contributed by atoms with van der Waals surface area (Å²) in [5.41, 5.74) is 6.16. The summed E-state index contributed by atoms with van der Waals surface area (Å²) < 4.78 is 11.5. The Kier molecular flexibility index (Phi) is 5.04. The van der Waals surface area contributed by atoms with Crippen molar-refractivity contribution < 1.29 is 19.1 Å². The maximum atomic E-state index is 12.5. The molecule has 0 radical (unpaired) electrons. The third kappa shape index (κ3) is 3.67. The fraction of sp³-hybridized carbons (Fsp3) is 0.0417. The van der Waals surface area contributed by atoms with Crippen molar-refractivity contribution in [3.63, 3.8) is 0 Å². The number of amides is 1. The van der Waals surface area contributed by atoms with Crippen molar-refractivity contribution in [2.45, 2.75) is 0 Å². The zero-order valence-corrected chi connectivity index (χ0v) is 17.7. The van der Waals surface area contributed by atoms with Gasteiger partial charge in [-0.15, -0.1) is 11.3 Å². The van der Waals surface area contributed by atoms with Gasteiger partial charge in [-0.25, -0.2) is 9.78 Å². The molecule has 4 aromatic rings. The van der Waals surface area contributed by atoms with Crippen LogP contribution in [0.4, 0.5) is 11.4 Å². The van der Waals surface area contributed by atoms with E-state index in [0.717, 1.165) is 27.2 Å². The lowest BCUT2D eigenvalue weighted by atomic mass is 10.1. The normalized spacial score (nSPS) is 13.7. The number of nitrogens with zero attached hydrogens (tertiary/aromatic N) is 1. The average molecular weight is 443 g/mol. The molecule has 8 heteroatoms. The van der Waals surface area contributed by atoms with E-state index in [0.29, 0.717) is 22.6 Å². The van der Waals surface area contributed by atoms with Crippen LogP contribution in [-0.4, -0.2) is 24.0 Å². The number of ether oxygens (including phenoxy) is 2. The average Bonchev–Trinajstić information content (AvgIpc) is 3.42. The SMILES string of the molecule is COC(=O)c1ccc(Oc2ccc(NC=C3C(=O)Nc4ccc5ncsc5c43)cc2)cc1. The number of carbonyl (C=O) groups is 2. The number of nitrogens with one attached hydrogen (secondary N) is 2. The van der Waals surface area contributed by atoms with E-state index in [1.54, 1.807) is 36.0 Å². The van der Waals surface area contributed by atoms with Crippen LogP contribution in [0.15, 0.2) is 72.4 Å². The van der Waals surface area contributed by atoms with Gasteiger partial charge < -0.3 is 20.1 Å². The first kappa shape index (κ1) is 19.8. The molecule has 0 unspecified atom stereocenters. The summed E-state index contributed by atoms with van der Waals surface area (Å²) in [6.07, 6.45) is 1.71. The summed E-state index contributed by atoms with van der Waals surface area (Å²) in [5, 5.41) is 6.09. The molecule has 1 aromatic heterocycles. The maximum absolute atomic E-state index is 12.5. The van der Waals surface area contributed by atoms with E-state index in [2.05, 4.69) is 15.6 Å². The highest BCUT2D eigenvalue weighted by molar-refractivity contribution is 7.17. The van der Waals surface area contributed by atoms with Crippen molar-refractivity contribution in [2.24, 2.45) is 0 Å². The largest absolute Gasteiger partial charge is 0.465 e. The Morgan fingerprint density at radius 3 is 2.47 bits per heavy atom. The zero-order valence-electron chi connectivity index (χ0n) is 16.9. The Morgan fingerprint density at radius 2 is 1.75 bits per heavy atom. The minimum atomic E-state index is -0.393. The highest BCUT2D eigenvalue weighted by atomic mass is 32.1. The number of benzene rings is 3. The molecule has 7 nitrogen and oxygen atoms in total. The molecule has 5 rings (SSSR count). The van der Waals surface area contributed by atoms with Gasteiger partial charge in [-0.05, 0) is 60.7 Å². The molecule has 0 saturated carbocycles. The summed E-state index contributed by atoms with van der Waals surface area (Å²) in [7, 11) is 1.34. The van der Waals surface area contributed by atoms with Crippen LogP contribution in [0, 0.1) is 0 Å². The van der Waals surface area contributed by atoms with E-state index in [9.17, 15) is 9.59 Å². The Labute approximate surface area is 187 Å². The predicted molar refractivity (Wildman–Crippen MR) is 124 cm³/mol. The number of fused-ring (bicyclic) bond motifs is 3. The van der Waals surface area contributed by atoms with E-state index < -0.39 is 5.97 Å². The van der Waals surface area contributed by atoms with Crippen molar-refractivity contribution in [3.8, 4) is 11.5 Å². The molecule has 158 valence electrons. The zero-order chi connectivity index (χ0) is 22.1. The van der Waals surface area contributed by atoms with Gasteiger partial charge in [0.1, 0.15) is 11.5 Å². The lowest BCUT2D eigenvalue weighted by molar-refractivity contribution is -0.110. The number of anilines is 2. The second-order valence-electron chi connectivity index (χ2n) is 6.99. The number of carbonyl (C=O) groups excluding carboxylic acids is 2. The Morgan fingerprint density at radius 1 is 1.03 bits per heavy atom.